The van der Waals surface area contributed by atoms with Gasteiger partial charge in [-0.3, -0.25) is 4.79 Å². The van der Waals surface area contributed by atoms with Crippen LogP contribution in [0.5, 0.6) is 5.75 Å². The zero-order valence-corrected chi connectivity index (χ0v) is 15.6. The average Bonchev–Trinajstić information content (AvgIpc) is 3.14. The van der Waals surface area contributed by atoms with E-state index < -0.39 is 0 Å². The van der Waals surface area contributed by atoms with E-state index in [2.05, 4.69) is 20.9 Å². The van der Waals surface area contributed by atoms with Crippen molar-refractivity contribution in [2.24, 2.45) is 11.3 Å². The third kappa shape index (κ3) is 3.68. The number of aromatic nitrogens is 3. The van der Waals surface area contributed by atoms with Gasteiger partial charge in [0.05, 0.1) is 25.5 Å². The molecule has 1 aliphatic carbocycles. The normalized spacial score (nSPS) is 20.3. The minimum atomic E-state index is 0. The molecule has 140 valence electrons. The number of hydrogen-bond donors (Lipinski definition) is 2. The van der Waals surface area contributed by atoms with Crippen molar-refractivity contribution >= 4 is 18.3 Å². The minimum absolute atomic E-state index is 0. The van der Waals surface area contributed by atoms with Gasteiger partial charge in [-0.05, 0) is 62.0 Å². The Hall–Kier alpha value is -2.12. The van der Waals surface area contributed by atoms with Gasteiger partial charge in [-0.25, -0.2) is 4.68 Å². The van der Waals surface area contributed by atoms with Gasteiger partial charge in [0, 0.05) is 5.92 Å². The van der Waals surface area contributed by atoms with Crippen molar-refractivity contribution in [3.05, 3.63) is 36.2 Å². The van der Waals surface area contributed by atoms with Crippen molar-refractivity contribution in [1.29, 1.82) is 0 Å². The number of benzene rings is 1. The van der Waals surface area contributed by atoms with Gasteiger partial charge in [0.1, 0.15) is 11.4 Å². The lowest BCUT2D eigenvalue weighted by Crippen LogP contribution is -2.33. The second kappa shape index (κ2) is 7.63. The van der Waals surface area contributed by atoms with Crippen LogP contribution in [-0.2, 0) is 11.3 Å². The number of hydrogen-bond acceptors (Lipinski definition) is 5. The fourth-order valence-corrected chi connectivity index (χ4v) is 3.74. The molecule has 1 unspecified atom stereocenters. The molecule has 8 heteroatoms. The van der Waals surface area contributed by atoms with Crippen LogP contribution in [0, 0.1) is 11.3 Å². The lowest BCUT2D eigenvalue weighted by atomic mass is 9.92. The van der Waals surface area contributed by atoms with Gasteiger partial charge < -0.3 is 15.4 Å². The topological polar surface area (TPSA) is 81.1 Å². The fraction of sp³-hybridized carbons (Fsp3) is 0.500. The average molecular weight is 378 g/mol. The molecule has 2 aliphatic rings. The fourth-order valence-electron chi connectivity index (χ4n) is 3.74. The van der Waals surface area contributed by atoms with Gasteiger partial charge in [-0.2, -0.15) is 0 Å². The largest absolute Gasteiger partial charge is 0.497 e. The minimum Gasteiger partial charge on any atom is -0.497 e. The number of amides is 1. The lowest BCUT2D eigenvalue weighted by molar-refractivity contribution is -0.123. The first-order valence-electron chi connectivity index (χ1n) is 8.74. The number of rotatable bonds is 5. The van der Waals surface area contributed by atoms with Crippen molar-refractivity contribution in [3.8, 4) is 11.4 Å². The Morgan fingerprint density at radius 1 is 1.35 bits per heavy atom. The molecule has 1 amide bonds. The molecule has 0 radical (unpaired) electrons. The first kappa shape index (κ1) is 18.7. The van der Waals surface area contributed by atoms with E-state index >= 15 is 0 Å². The van der Waals surface area contributed by atoms with Crippen LogP contribution in [0.4, 0.5) is 0 Å². The molecular formula is C18H24ClN5O2. The van der Waals surface area contributed by atoms with Crippen LogP contribution in [0.15, 0.2) is 30.5 Å². The van der Waals surface area contributed by atoms with Crippen molar-refractivity contribution in [2.75, 3.05) is 20.2 Å². The highest BCUT2D eigenvalue weighted by atomic mass is 35.5. The molecule has 2 fully saturated rings. The summed E-state index contributed by atoms with van der Waals surface area (Å²) in [6.45, 7) is 2.47. The Morgan fingerprint density at radius 3 is 2.77 bits per heavy atom. The van der Waals surface area contributed by atoms with E-state index in [0.29, 0.717) is 6.54 Å². The van der Waals surface area contributed by atoms with E-state index in [9.17, 15) is 4.79 Å². The predicted octanol–water partition coefficient (Wildman–Crippen LogP) is 1.70. The molecule has 2 heterocycles. The van der Waals surface area contributed by atoms with Crippen molar-refractivity contribution in [2.45, 2.75) is 25.8 Å². The Morgan fingerprint density at radius 2 is 2.08 bits per heavy atom. The highest BCUT2D eigenvalue weighted by Gasteiger charge is 2.57. The molecule has 1 saturated carbocycles. The van der Waals surface area contributed by atoms with Crippen LogP contribution in [0.1, 0.15) is 25.0 Å². The van der Waals surface area contributed by atoms with E-state index in [1.54, 1.807) is 11.8 Å². The molecule has 1 saturated heterocycles. The summed E-state index contributed by atoms with van der Waals surface area (Å²) < 4.78 is 6.86. The number of carbonyl (C=O) groups is 1. The van der Waals surface area contributed by atoms with Crippen molar-refractivity contribution < 1.29 is 9.53 Å². The van der Waals surface area contributed by atoms with Crippen LogP contribution in [0.25, 0.3) is 5.69 Å². The van der Waals surface area contributed by atoms with Gasteiger partial charge >= 0.3 is 0 Å². The number of methoxy groups -OCH3 is 1. The maximum absolute atomic E-state index is 12.4. The van der Waals surface area contributed by atoms with Gasteiger partial charge in [0.25, 0.3) is 0 Å². The number of halogens is 1. The third-order valence-corrected chi connectivity index (χ3v) is 5.43. The van der Waals surface area contributed by atoms with Gasteiger partial charge in [0.2, 0.25) is 5.91 Å². The third-order valence-electron chi connectivity index (χ3n) is 5.43. The monoisotopic (exact) mass is 377 g/mol. The molecule has 1 spiro atoms. The predicted molar refractivity (Wildman–Crippen MR) is 99.6 cm³/mol. The first-order chi connectivity index (χ1) is 12.2. The Kier molecular flexibility index (Phi) is 5.48. The highest BCUT2D eigenvalue weighted by Crippen LogP contribution is 2.58. The summed E-state index contributed by atoms with van der Waals surface area (Å²) in [7, 11) is 1.64. The highest BCUT2D eigenvalue weighted by molar-refractivity contribution is 5.85. The summed E-state index contributed by atoms with van der Waals surface area (Å²) in [5.74, 6) is 1.12. The molecule has 1 aromatic carbocycles. The smallest absolute Gasteiger partial charge is 0.224 e. The molecule has 26 heavy (non-hydrogen) atoms. The quantitative estimate of drug-likeness (QED) is 0.829. The Labute approximate surface area is 158 Å². The molecule has 0 bridgehead atoms. The maximum Gasteiger partial charge on any atom is 0.224 e. The number of nitrogens with zero attached hydrogens (tertiary/aromatic N) is 3. The summed E-state index contributed by atoms with van der Waals surface area (Å²) in [6, 6.07) is 7.59. The number of ether oxygens (including phenoxy) is 1. The number of piperidine rings is 1. The van der Waals surface area contributed by atoms with Crippen LogP contribution < -0.4 is 15.4 Å². The van der Waals surface area contributed by atoms with E-state index in [0.717, 1.165) is 49.5 Å². The molecule has 1 aromatic heterocycles. The van der Waals surface area contributed by atoms with E-state index in [1.807, 2.05) is 30.5 Å². The summed E-state index contributed by atoms with van der Waals surface area (Å²) >= 11 is 0. The van der Waals surface area contributed by atoms with Crippen LogP contribution in [-0.4, -0.2) is 41.1 Å². The second-order valence-corrected chi connectivity index (χ2v) is 6.94. The van der Waals surface area contributed by atoms with Gasteiger partial charge in [0.15, 0.2) is 0 Å². The summed E-state index contributed by atoms with van der Waals surface area (Å²) in [4.78, 5) is 12.4. The standard InChI is InChI=1S/C18H23N5O2.ClH/c1-25-15-4-2-14(3-5-15)23-12-13(21-22-23)11-20-17(24)16-10-18(16)6-8-19-9-7-18;/h2-5,12,16,19H,6-11H2,1H3,(H,20,24);1H. The first-order valence-corrected chi connectivity index (χ1v) is 8.74. The van der Waals surface area contributed by atoms with Crippen molar-refractivity contribution in [3.63, 3.8) is 0 Å². The Bertz CT molecular complexity index is 755. The lowest BCUT2D eigenvalue weighted by Gasteiger charge is -2.23. The molecule has 4 rings (SSSR count). The zero-order chi connectivity index (χ0) is 17.3. The number of nitrogens with one attached hydrogen (secondary N) is 2. The number of carbonyl (C=O) groups excluding carboxylic acids is 1. The Balaban J connectivity index is 0.00000196. The van der Waals surface area contributed by atoms with E-state index in [1.165, 1.54) is 0 Å². The molecule has 2 N–H and O–H groups in total. The van der Waals surface area contributed by atoms with E-state index in [-0.39, 0.29) is 29.6 Å². The van der Waals surface area contributed by atoms with Crippen LogP contribution >= 0.6 is 12.4 Å². The SMILES string of the molecule is COc1ccc(-n2cc(CNC(=O)C3CC34CCNCC4)nn2)cc1.Cl. The second-order valence-electron chi connectivity index (χ2n) is 6.94. The molecule has 1 aliphatic heterocycles. The van der Waals surface area contributed by atoms with Gasteiger partial charge in [-0.1, -0.05) is 5.21 Å². The molecular weight excluding hydrogens is 354 g/mol. The molecule has 7 nitrogen and oxygen atoms in total. The maximum atomic E-state index is 12.4. The van der Waals surface area contributed by atoms with E-state index in [4.69, 9.17) is 4.74 Å². The summed E-state index contributed by atoms with van der Waals surface area (Å²) in [5, 5.41) is 14.7. The van der Waals surface area contributed by atoms with Gasteiger partial charge in [-0.15, -0.1) is 17.5 Å². The van der Waals surface area contributed by atoms with Crippen LogP contribution in [0.2, 0.25) is 0 Å². The van der Waals surface area contributed by atoms with Crippen molar-refractivity contribution in [1.82, 2.24) is 25.6 Å². The summed E-state index contributed by atoms with van der Waals surface area (Å²) in [6.07, 6.45) is 5.09. The zero-order valence-electron chi connectivity index (χ0n) is 14.8. The molecule has 1 atom stereocenters. The van der Waals surface area contributed by atoms with Crippen LogP contribution in [0.3, 0.4) is 0 Å². The summed E-state index contributed by atoms with van der Waals surface area (Å²) in [5.41, 5.74) is 1.92. The molecule has 2 aromatic rings.